The van der Waals surface area contributed by atoms with Crippen LogP contribution in [0.15, 0.2) is 59.1 Å². The first kappa shape index (κ1) is 14.5. The Morgan fingerprint density at radius 3 is 2.33 bits per heavy atom. The van der Waals surface area contributed by atoms with Gasteiger partial charge in [-0.25, -0.2) is 8.78 Å². The van der Waals surface area contributed by atoms with Gasteiger partial charge in [-0.15, -0.1) is 11.6 Å². The summed E-state index contributed by atoms with van der Waals surface area (Å²) in [6, 6.07) is 14.5. The van der Waals surface area contributed by atoms with E-state index in [9.17, 15) is 8.78 Å². The summed E-state index contributed by atoms with van der Waals surface area (Å²) in [6.07, 6.45) is 0. The molecule has 1 unspecified atom stereocenters. The van der Waals surface area contributed by atoms with Crippen molar-refractivity contribution in [2.24, 2.45) is 0 Å². The molecule has 21 heavy (non-hydrogen) atoms. The number of halogens is 4. The first-order chi connectivity index (χ1) is 10.1. The van der Waals surface area contributed by atoms with Crippen LogP contribution in [0.4, 0.5) is 8.78 Å². The predicted molar refractivity (Wildman–Crippen MR) is 85.7 cm³/mol. The SMILES string of the molecule is Fc1ccc(Br)c(C(Cl)c2ccc(F)c3ccccc23)c1. The van der Waals surface area contributed by atoms with Crippen LogP contribution < -0.4 is 0 Å². The molecule has 4 heteroatoms. The van der Waals surface area contributed by atoms with Crippen molar-refractivity contribution >= 4 is 38.3 Å². The zero-order valence-electron chi connectivity index (χ0n) is 10.8. The molecule has 0 aliphatic rings. The zero-order chi connectivity index (χ0) is 15.0. The molecule has 0 saturated carbocycles. The second-order valence-electron chi connectivity index (χ2n) is 4.71. The van der Waals surface area contributed by atoms with Crippen LogP contribution in [0, 0.1) is 11.6 Å². The summed E-state index contributed by atoms with van der Waals surface area (Å²) in [5.74, 6) is -0.651. The van der Waals surface area contributed by atoms with Gasteiger partial charge in [-0.05, 0) is 40.8 Å². The van der Waals surface area contributed by atoms with E-state index in [-0.39, 0.29) is 11.6 Å². The second kappa shape index (κ2) is 5.74. The van der Waals surface area contributed by atoms with Crippen molar-refractivity contribution in [1.82, 2.24) is 0 Å². The lowest BCUT2D eigenvalue weighted by atomic mass is 9.97. The van der Waals surface area contributed by atoms with Crippen LogP contribution in [0.5, 0.6) is 0 Å². The first-order valence-electron chi connectivity index (χ1n) is 6.34. The lowest BCUT2D eigenvalue weighted by molar-refractivity contribution is 0.625. The van der Waals surface area contributed by atoms with Gasteiger partial charge in [0.25, 0.3) is 0 Å². The summed E-state index contributed by atoms with van der Waals surface area (Å²) in [6.45, 7) is 0. The topological polar surface area (TPSA) is 0 Å². The average Bonchev–Trinajstić information content (AvgIpc) is 2.50. The molecule has 0 radical (unpaired) electrons. The third-order valence-electron chi connectivity index (χ3n) is 3.41. The minimum absolute atomic E-state index is 0.295. The number of alkyl halides is 1. The summed E-state index contributed by atoms with van der Waals surface area (Å²) < 4.78 is 28.0. The molecular formula is C17H10BrClF2. The smallest absolute Gasteiger partial charge is 0.131 e. The van der Waals surface area contributed by atoms with E-state index in [1.807, 2.05) is 12.1 Å². The van der Waals surface area contributed by atoms with Gasteiger partial charge in [-0.1, -0.05) is 46.3 Å². The number of hydrogen-bond donors (Lipinski definition) is 0. The monoisotopic (exact) mass is 366 g/mol. The Balaban J connectivity index is 2.20. The minimum Gasteiger partial charge on any atom is -0.207 e. The molecule has 0 bridgehead atoms. The van der Waals surface area contributed by atoms with Gasteiger partial charge in [0.15, 0.2) is 0 Å². The van der Waals surface area contributed by atoms with Crippen molar-refractivity contribution in [1.29, 1.82) is 0 Å². The van der Waals surface area contributed by atoms with Crippen LogP contribution in [0.2, 0.25) is 0 Å². The van der Waals surface area contributed by atoms with E-state index < -0.39 is 5.38 Å². The van der Waals surface area contributed by atoms with Gasteiger partial charge in [0, 0.05) is 9.86 Å². The van der Waals surface area contributed by atoms with E-state index in [2.05, 4.69) is 15.9 Å². The van der Waals surface area contributed by atoms with Gasteiger partial charge in [0.1, 0.15) is 11.6 Å². The van der Waals surface area contributed by atoms with Crippen LogP contribution in [0.25, 0.3) is 10.8 Å². The van der Waals surface area contributed by atoms with Crippen molar-refractivity contribution in [2.45, 2.75) is 5.38 Å². The van der Waals surface area contributed by atoms with Crippen molar-refractivity contribution in [3.63, 3.8) is 0 Å². The van der Waals surface area contributed by atoms with E-state index in [0.717, 1.165) is 15.4 Å². The van der Waals surface area contributed by atoms with Crippen LogP contribution in [0.1, 0.15) is 16.5 Å². The molecule has 0 nitrogen and oxygen atoms in total. The molecule has 0 heterocycles. The fourth-order valence-electron chi connectivity index (χ4n) is 2.38. The third-order valence-corrected chi connectivity index (χ3v) is 4.60. The summed E-state index contributed by atoms with van der Waals surface area (Å²) >= 11 is 9.90. The number of hydrogen-bond acceptors (Lipinski definition) is 0. The Morgan fingerprint density at radius 2 is 1.57 bits per heavy atom. The van der Waals surface area contributed by atoms with Crippen molar-refractivity contribution < 1.29 is 8.78 Å². The molecule has 1 atom stereocenters. The van der Waals surface area contributed by atoms with Gasteiger partial charge in [-0.3, -0.25) is 0 Å². The first-order valence-corrected chi connectivity index (χ1v) is 7.57. The van der Waals surface area contributed by atoms with Gasteiger partial charge < -0.3 is 0 Å². The Hall–Kier alpha value is -1.45. The van der Waals surface area contributed by atoms with E-state index in [1.54, 1.807) is 24.3 Å². The molecule has 0 fully saturated rings. The summed E-state index contributed by atoms with van der Waals surface area (Å²) in [5.41, 5.74) is 1.37. The van der Waals surface area contributed by atoms with Gasteiger partial charge in [0.05, 0.1) is 5.38 Å². The van der Waals surface area contributed by atoms with Crippen molar-refractivity contribution in [2.75, 3.05) is 0 Å². The molecule has 0 N–H and O–H groups in total. The maximum absolute atomic E-state index is 13.9. The van der Waals surface area contributed by atoms with Gasteiger partial charge >= 0.3 is 0 Å². The molecular weight excluding hydrogens is 358 g/mol. The Bertz CT molecular complexity index is 817. The Morgan fingerprint density at radius 1 is 0.857 bits per heavy atom. The highest BCUT2D eigenvalue weighted by Gasteiger charge is 2.18. The number of fused-ring (bicyclic) bond motifs is 1. The highest BCUT2D eigenvalue weighted by atomic mass is 79.9. The van der Waals surface area contributed by atoms with Crippen molar-refractivity contribution in [3.8, 4) is 0 Å². The molecule has 0 spiro atoms. The molecule has 0 aliphatic heterocycles. The maximum atomic E-state index is 13.9. The largest absolute Gasteiger partial charge is 0.207 e. The standard InChI is InChI=1S/C17H10BrClF2/c18-15-7-5-10(20)9-14(15)17(19)13-6-8-16(21)12-4-2-1-3-11(12)13/h1-9,17H. The van der Waals surface area contributed by atoms with Crippen LogP contribution in [0.3, 0.4) is 0 Å². The van der Waals surface area contributed by atoms with Crippen LogP contribution in [-0.2, 0) is 0 Å². The van der Waals surface area contributed by atoms with Gasteiger partial charge in [0.2, 0.25) is 0 Å². The molecule has 0 saturated heterocycles. The van der Waals surface area contributed by atoms with E-state index in [0.29, 0.717) is 10.9 Å². The molecule has 0 amide bonds. The molecule has 3 rings (SSSR count). The molecule has 0 aliphatic carbocycles. The molecule has 3 aromatic rings. The predicted octanol–water partition coefficient (Wildman–Crippen LogP) is 6.21. The van der Waals surface area contributed by atoms with Gasteiger partial charge in [-0.2, -0.15) is 0 Å². The summed E-state index contributed by atoms with van der Waals surface area (Å²) in [4.78, 5) is 0. The summed E-state index contributed by atoms with van der Waals surface area (Å²) in [5, 5.41) is 0.669. The van der Waals surface area contributed by atoms with Crippen molar-refractivity contribution in [3.05, 3.63) is 81.8 Å². The normalized spacial score (nSPS) is 12.6. The second-order valence-corrected chi connectivity index (χ2v) is 6.00. The zero-order valence-corrected chi connectivity index (χ0v) is 13.1. The fourth-order valence-corrected chi connectivity index (χ4v) is 3.36. The third kappa shape index (κ3) is 2.68. The van der Waals surface area contributed by atoms with Crippen LogP contribution in [-0.4, -0.2) is 0 Å². The molecule has 3 aromatic carbocycles. The average molecular weight is 368 g/mol. The highest BCUT2D eigenvalue weighted by Crippen LogP contribution is 2.38. The lowest BCUT2D eigenvalue weighted by Gasteiger charge is -2.15. The highest BCUT2D eigenvalue weighted by molar-refractivity contribution is 9.10. The summed E-state index contributed by atoms with van der Waals surface area (Å²) in [7, 11) is 0. The van der Waals surface area contributed by atoms with E-state index in [4.69, 9.17) is 11.6 Å². The number of rotatable bonds is 2. The number of benzene rings is 3. The van der Waals surface area contributed by atoms with E-state index in [1.165, 1.54) is 18.2 Å². The Labute approximate surface area is 134 Å². The molecule has 106 valence electrons. The lowest BCUT2D eigenvalue weighted by Crippen LogP contribution is -1.98. The Kier molecular flexibility index (Phi) is 3.96. The fraction of sp³-hybridized carbons (Fsp3) is 0.0588. The van der Waals surface area contributed by atoms with E-state index >= 15 is 0 Å². The quantitative estimate of drug-likeness (QED) is 0.472. The minimum atomic E-state index is -0.569. The maximum Gasteiger partial charge on any atom is 0.131 e. The van der Waals surface area contributed by atoms with Crippen LogP contribution >= 0.6 is 27.5 Å². The molecule has 0 aromatic heterocycles.